The summed E-state index contributed by atoms with van der Waals surface area (Å²) in [4.78, 5) is 43.2. The van der Waals surface area contributed by atoms with Gasteiger partial charge < -0.3 is 19.6 Å². The number of ketones is 1. The number of anilines is 1. The van der Waals surface area contributed by atoms with Gasteiger partial charge in [0.25, 0.3) is 5.91 Å². The number of hydrogen-bond acceptors (Lipinski definition) is 6. The predicted octanol–water partition coefficient (Wildman–Crippen LogP) is 4.75. The van der Waals surface area contributed by atoms with Crippen molar-refractivity contribution in [3.8, 4) is 5.69 Å². The highest BCUT2D eigenvalue weighted by Crippen LogP contribution is 2.38. The summed E-state index contributed by atoms with van der Waals surface area (Å²) < 4.78 is 21.5. The second-order valence-corrected chi connectivity index (χ2v) is 10.9. The third-order valence-corrected chi connectivity index (χ3v) is 8.19. The smallest absolute Gasteiger partial charge is 0.335 e. The molecule has 3 aromatic carbocycles. The monoisotopic (exact) mass is 602 g/mol. The number of carboxylic acid groups (broad SMARTS) is 1. The second kappa shape index (κ2) is 12.0. The van der Waals surface area contributed by atoms with Crippen LogP contribution in [0, 0.1) is 5.82 Å². The largest absolute Gasteiger partial charge is 0.478 e. The minimum Gasteiger partial charge on any atom is -0.478 e. The third kappa shape index (κ3) is 5.63. The van der Waals surface area contributed by atoms with Gasteiger partial charge in [-0.05, 0) is 53.4 Å². The number of amides is 1. The maximum absolute atomic E-state index is 14.7. The van der Waals surface area contributed by atoms with Crippen LogP contribution in [0.5, 0.6) is 0 Å². The van der Waals surface area contributed by atoms with Gasteiger partial charge in [0.1, 0.15) is 11.7 Å². The van der Waals surface area contributed by atoms with Crippen LogP contribution in [0.3, 0.4) is 0 Å². The van der Waals surface area contributed by atoms with Gasteiger partial charge in [0.2, 0.25) is 0 Å². The summed E-state index contributed by atoms with van der Waals surface area (Å²) in [5, 5.41) is 13.4. The Kier molecular flexibility index (Phi) is 7.96. The fourth-order valence-corrected chi connectivity index (χ4v) is 5.95. The van der Waals surface area contributed by atoms with E-state index in [1.54, 1.807) is 23.1 Å². The lowest BCUT2D eigenvalue weighted by Gasteiger charge is -2.39. The first-order chi connectivity index (χ1) is 20.8. The number of ether oxygens (including phenoxy) is 1. The zero-order valence-electron chi connectivity index (χ0n) is 23.1. The molecule has 6 rings (SSSR count). The van der Waals surface area contributed by atoms with E-state index in [9.17, 15) is 23.9 Å². The number of Topliss-reactive ketones (excluding diaryl/α,β-unsaturated/α-hetero) is 1. The van der Waals surface area contributed by atoms with Gasteiger partial charge in [-0.3, -0.25) is 9.59 Å². The van der Waals surface area contributed by atoms with Gasteiger partial charge in [-0.15, -0.1) is 0 Å². The van der Waals surface area contributed by atoms with Crippen LogP contribution in [0.2, 0.25) is 5.02 Å². The molecular formula is C32H28ClFN4O5. The van der Waals surface area contributed by atoms with Crippen molar-refractivity contribution in [3.05, 3.63) is 112 Å². The zero-order valence-corrected chi connectivity index (χ0v) is 23.8. The molecule has 2 aliphatic rings. The number of rotatable bonds is 7. The summed E-state index contributed by atoms with van der Waals surface area (Å²) in [7, 11) is 0. The molecule has 3 heterocycles. The van der Waals surface area contributed by atoms with Crippen molar-refractivity contribution >= 4 is 34.9 Å². The number of halogens is 2. The quantitative estimate of drug-likeness (QED) is 0.325. The molecule has 0 aliphatic carbocycles. The maximum atomic E-state index is 14.7. The average molecular weight is 603 g/mol. The normalized spacial score (nSPS) is 16.6. The van der Waals surface area contributed by atoms with E-state index >= 15 is 0 Å². The predicted molar refractivity (Wildman–Crippen MR) is 158 cm³/mol. The molecule has 0 radical (unpaired) electrons. The standard InChI is InChI=1S/C32H28ClFN4O5/c33-25-4-2-6-27(29(25)34)38-19-22(18-35-38)31(40)37-12-11-23-24(3-1-5-26(23)36-13-15-43-16-14-36)30(37)28(39)17-20-7-9-21(10-8-20)32(41)42/h1-10,18-19,30H,11-17H2,(H,41,42)/t30-/m0/s1. The minimum absolute atomic E-state index is 0.00253. The van der Waals surface area contributed by atoms with Crippen LogP contribution in [-0.4, -0.2) is 70.3 Å². The van der Waals surface area contributed by atoms with Gasteiger partial charge in [0.15, 0.2) is 11.6 Å². The molecule has 9 nitrogen and oxygen atoms in total. The van der Waals surface area contributed by atoms with Gasteiger partial charge in [-0.25, -0.2) is 13.9 Å². The fourth-order valence-electron chi connectivity index (χ4n) is 5.78. The van der Waals surface area contributed by atoms with Gasteiger partial charge in [-0.2, -0.15) is 5.10 Å². The lowest BCUT2D eigenvalue weighted by atomic mass is 9.86. The Morgan fingerprint density at radius 3 is 2.42 bits per heavy atom. The van der Waals surface area contributed by atoms with E-state index in [4.69, 9.17) is 16.3 Å². The molecule has 1 atom stereocenters. The number of carbonyl (C=O) groups is 3. The number of carboxylic acids is 1. The van der Waals surface area contributed by atoms with Crippen LogP contribution in [0.25, 0.3) is 5.69 Å². The molecule has 1 fully saturated rings. The second-order valence-electron chi connectivity index (χ2n) is 10.5. The molecule has 0 saturated carbocycles. The van der Waals surface area contributed by atoms with Crippen LogP contribution in [0.15, 0.2) is 73.1 Å². The molecule has 1 saturated heterocycles. The molecule has 11 heteroatoms. The van der Waals surface area contributed by atoms with Crippen molar-refractivity contribution in [2.75, 3.05) is 37.7 Å². The molecule has 2 aliphatic heterocycles. The third-order valence-electron chi connectivity index (χ3n) is 7.90. The maximum Gasteiger partial charge on any atom is 0.335 e. The van der Waals surface area contributed by atoms with Crippen LogP contribution in [0.1, 0.15) is 43.4 Å². The number of benzene rings is 3. The number of hydrogen-bond donors (Lipinski definition) is 1. The number of fused-ring (bicyclic) bond motifs is 1. The Bertz CT molecular complexity index is 1700. The molecule has 1 N–H and O–H groups in total. The highest BCUT2D eigenvalue weighted by molar-refractivity contribution is 6.30. The molecule has 0 spiro atoms. The molecule has 0 unspecified atom stereocenters. The number of morpholine rings is 1. The minimum atomic E-state index is -1.05. The van der Waals surface area contributed by atoms with Gasteiger partial charge >= 0.3 is 5.97 Å². The first-order valence-corrected chi connectivity index (χ1v) is 14.3. The molecular weight excluding hydrogens is 575 g/mol. The van der Waals surface area contributed by atoms with Gasteiger partial charge in [0, 0.05) is 37.9 Å². The van der Waals surface area contributed by atoms with Crippen molar-refractivity contribution < 1.29 is 28.6 Å². The van der Waals surface area contributed by atoms with Crippen LogP contribution < -0.4 is 4.90 Å². The van der Waals surface area contributed by atoms with Gasteiger partial charge in [0.05, 0.1) is 35.6 Å². The first-order valence-electron chi connectivity index (χ1n) is 13.9. The van der Waals surface area contributed by atoms with Crippen LogP contribution >= 0.6 is 11.6 Å². The van der Waals surface area contributed by atoms with E-state index < -0.39 is 23.7 Å². The summed E-state index contributed by atoms with van der Waals surface area (Å²) in [6.45, 7) is 2.97. The Balaban J connectivity index is 1.35. The van der Waals surface area contributed by atoms with Crippen LogP contribution in [-0.2, 0) is 22.4 Å². The Hall–Kier alpha value is -4.54. The molecule has 4 aromatic rings. The van der Waals surface area contributed by atoms with Crippen molar-refractivity contribution in [1.29, 1.82) is 0 Å². The topological polar surface area (TPSA) is 105 Å². The van der Waals surface area contributed by atoms with Crippen molar-refractivity contribution in [3.63, 3.8) is 0 Å². The number of aromatic carboxylic acids is 1. The number of carbonyl (C=O) groups excluding carboxylic acids is 2. The molecule has 220 valence electrons. The van der Waals surface area contributed by atoms with E-state index in [0.717, 1.165) is 29.9 Å². The van der Waals surface area contributed by atoms with E-state index in [1.165, 1.54) is 41.3 Å². The number of aromatic nitrogens is 2. The van der Waals surface area contributed by atoms with E-state index in [1.807, 2.05) is 18.2 Å². The summed E-state index contributed by atoms with van der Waals surface area (Å²) in [6.07, 6.45) is 3.34. The van der Waals surface area contributed by atoms with Crippen LogP contribution in [0.4, 0.5) is 10.1 Å². The van der Waals surface area contributed by atoms with Crippen molar-refractivity contribution in [2.24, 2.45) is 0 Å². The van der Waals surface area contributed by atoms with E-state index in [2.05, 4.69) is 10.00 Å². The highest BCUT2D eigenvalue weighted by atomic mass is 35.5. The number of nitrogens with zero attached hydrogens (tertiary/aromatic N) is 4. The summed E-state index contributed by atoms with van der Waals surface area (Å²) >= 11 is 5.95. The molecule has 1 amide bonds. The zero-order chi connectivity index (χ0) is 30.1. The van der Waals surface area contributed by atoms with Crippen molar-refractivity contribution in [1.82, 2.24) is 14.7 Å². The SMILES string of the molecule is O=C(O)c1ccc(CC(=O)[C@@H]2c3cccc(N4CCOCC4)c3CCN2C(=O)c2cnn(-c3cccc(Cl)c3F)c2)cc1. The molecule has 0 bridgehead atoms. The van der Waals surface area contributed by atoms with Gasteiger partial charge in [-0.1, -0.05) is 41.9 Å². The van der Waals surface area contributed by atoms with Crippen molar-refractivity contribution in [2.45, 2.75) is 18.9 Å². The summed E-state index contributed by atoms with van der Waals surface area (Å²) in [6, 6.07) is 15.6. The fraction of sp³-hybridized carbons (Fsp3) is 0.250. The summed E-state index contributed by atoms with van der Waals surface area (Å²) in [5.41, 5.74) is 3.87. The molecule has 43 heavy (non-hydrogen) atoms. The first kappa shape index (κ1) is 28.6. The Morgan fingerprint density at radius 1 is 0.953 bits per heavy atom. The Labute approximate surface area is 252 Å². The lowest BCUT2D eigenvalue weighted by Crippen LogP contribution is -2.45. The summed E-state index contributed by atoms with van der Waals surface area (Å²) in [5.74, 6) is -2.32. The Morgan fingerprint density at radius 2 is 1.67 bits per heavy atom. The van der Waals surface area contributed by atoms with E-state index in [0.29, 0.717) is 25.2 Å². The highest BCUT2D eigenvalue weighted by Gasteiger charge is 2.38. The van der Waals surface area contributed by atoms with E-state index in [-0.39, 0.29) is 40.6 Å². The molecule has 1 aromatic heterocycles. The average Bonchev–Trinajstić information content (AvgIpc) is 3.52. The lowest BCUT2D eigenvalue weighted by molar-refractivity contribution is -0.123.